The number of nitrogens with zero attached hydrogens (tertiary/aromatic N) is 1. The van der Waals surface area contributed by atoms with E-state index in [1.165, 1.54) is 44.9 Å². The van der Waals surface area contributed by atoms with E-state index in [2.05, 4.69) is 13.8 Å². The smallest absolute Gasteiger partial charge is 0.0975 e. The molecule has 2 heteroatoms. The van der Waals surface area contributed by atoms with Crippen molar-refractivity contribution in [3.63, 3.8) is 0 Å². The minimum absolute atomic E-state index is 0.0987. The van der Waals surface area contributed by atoms with Crippen LogP contribution in [0.1, 0.15) is 58.8 Å². The average Bonchev–Trinajstić information content (AvgIpc) is 3.01. The summed E-state index contributed by atoms with van der Waals surface area (Å²) >= 11 is 0. The highest BCUT2D eigenvalue weighted by atomic mass is 14.9. The third-order valence-corrected chi connectivity index (χ3v) is 4.02. The Kier molecular flexibility index (Phi) is 3.03. The van der Waals surface area contributed by atoms with Crippen molar-refractivity contribution in [2.75, 3.05) is 0 Å². The second-order valence-electron chi connectivity index (χ2n) is 5.80. The van der Waals surface area contributed by atoms with Crippen LogP contribution in [0.5, 0.6) is 0 Å². The van der Waals surface area contributed by atoms with Gasteiger partial charge in [-0.05, 0) is 45.4 Å². The lowest BCUT2D eigenvalue weighted by atomic mass is 9.88. The molecule has 0 aliphatic heterocycles. The van der Waals surface area contributed by atoms with Gasteiger partial charge in [0.25, 0.3) is 0 Å². The van der Waals surface area contributed by atoms with Gasteiger partial charge in [-0.3, -0.25) is 4.99 Å². The molecule has 0 heterocycles. The minimum Gasteiger partial charge on any atom is -0.387 e. The van der Waals surface area contributed by atoms with Gasteiger partial charge in [0.2, 0.25) is 0 Å². The van der Waals surface area contributed by atoms with Crippen LogP contribution < -0.4 is 5.73 Å². The molecule has 2 nitrogen and oxygen atoms in total. The lowest BCUT2D eigenvalue weighted by molar-refractivity contribution is 0.417. The molecular weight excluding hydrogens is 184 g/mol. The molecule has 15 heavy (non-hydrogen) atoms. The standard InChI is InChI=1S/C13H24N2/c1-13(2,11-8-9-11)15-12(14)10-6-4-3-5-7-10/h10-11H,3-9H2,1-2H3,(H2,14,15). The topological polar surface area (TPSA) is 38.4 Å². The van der Waals surface area contributed by atoms with E-state index in [0.717, 1.165) is 11.8 Å². The van der Waals surface area contributed by atoms with Crippen molar-refractivity contribution in [3.05, 3.63) is 0 Å². The normalized spacial score (nSPS) is 25.6. The fourth-order valence-electron chi connectivity index (χ4n) is 2.70. The van der Waals surface area contributed by atoms with Crippen molar-refractivity contribution in [2.45, 2.75) is 64.3 Å². The lowest BCUT2D eigenvalue weighted by Gasteiger charge is -2.25. The molecule has 0 radical (unpaired) electrons. The van der Waals surface area contributed by atoms with Crippen LogP contribution in [0, 0.1) is 11.8 Å². The van der Waals surface area contributed by atoms with Gasteiger partial charge in [-0.2, -0.15) is 0 Å². The Morgan fingerprint density at radius 3 is 2.20 bits per heavy atom. The maximum absolute atomic E-state index is 6.15. The van der Waals surface area contributed by atoms with Crippen molar-refractivity contribution in [3.8, 4) is 0 Å². The summed E-state index contributed by atoms with van der Waals surface area (Å²) in [4.78, 5) is 4.79. The maximum atomic E-state index is 6.15. The highest BCUT2D eigenvalue weighted by Crippen LogP contribution is 2.42. The van der Waals surface area contributed by atoms with E-state index < -0.39 is 0 Å². The van der Waals surface area contributed by atoms with E-state index in [4.69, 9.17) is 10.7 Å². The van der Waals surface area contributed by atoms with Crippen molar-refractivity contribution in [2.24, 2.45) is 22.6 Å². The number of amidine groups is 1. The fourth-order valence-corrected chi connectivity index (χ4v) is 2.70. The van der Waals surface area contributed by atoms with Crippen LogP contribution >= 0.6 is 0 Å². The fraction of sp³-hybridized carbons (Fsp3) is 0.923. The molecule has 0 aromatic carbocycles. The molecule has 2 aliphatic carbocycles. The third kappa shape index (κ3) is 2.73. The molecule has 0 saturated heterocycles. The summed E-state index contributed by atoms with van der Waals surface area (Å²) < 4.78 is 0. The number of hydrogen-bond acceptors (Lipinski definition) is 1. The number of aliphatic imine (C=N–C) groups is 1. The number of hydrogen-bond donors (Lipinski definition) is 1. The van der Waals surface area contributed by atoms with Gasteiger partial charge in [-0.25, -0.2) is 0 Å². The molecule has 0 aromatic rings. The highest BCUT2D eigenvalue weighted by molar-refractivity contribution is 5.83. The highest BCUT2D eigenvalue weighted by Gasteiger charge is 2.38. The Hall–Kier alpha value is -0.530. The van der Waals surface area contributed by atoms with Crippen LogP contribution in [-0.2, 0) is 0 Å². The zero-order valence-corrected chi connectivity index (χ0v) is 10.1. The number of rotatable bonds is 3. The summed E-state index contributed by atoms with van der Waals surface area (Å²) in [6.45, 7) is 4.47. The van der Waals surface area contributed by atoms with Gasteiger partial charge in [-0.1, -0.05) is 19.3 Å². The van der Waals surface area contributed by atoms with E-state index in [9.17, 15) is 0 Å². The van der Waals surface area contributed by atoms with Crippen LogP contribution in [0.15, 0.2) is 4.99 Å². The molecule has 0 aromatic heterocycles. The Balaban J connectivity index is 1.98. The van der Waals surface area contributed by atoms with Crippen molar-refractivity contribution < 1.29 is 0 Å². The Morgan fingerprint density at radius 1 is 1.07 bits per heavy atom. The molecule has 2 N–H and O–H groups in total. The molecule has 2 rings (SSSR count). The van der Waals surface area contributed by atoms with Crippen molar-refractivity contribution >= 4 is 5.84 Å². The SMILES string of the molecule is CC(C)(N=C(N)C1CCCCC1)C1CC1. The van der Waals surface area contributed by atoms with Gasteiger partial charge in [0.05, 0.1) is 11.4 Å². The molecule has 0 unspecified atom stereocenters. The molecule has 0 spiro atoms. The van der Waals surface area contributed by atoms with Crippen molar-refractivity contribution in [1.82, 2.24) is 0 Å². The van der Waals surface area contributed by atoms with E-state index in [1.807, 2.05) is 0 Å². The van der Waals surface area contributed by atoms with Crippen LogP contribution in [0.4, 0.5) is 0 Å². The second kappa shape index (κ2) is 4.15. The zero-order valence-electron chi connectivity index (χ0n) is 10.1. The molecule has 2 aliphatic rings. The van der Waals surface area contributed by atoms with Crippen LogP contribution in [-0.4, -0.2) is 11.4 Å². The second-order valence-corrected chi connectivity index (χ2v) is 5.80. The molecule has 86 valence electrons. The maximum Gasteiger partial charge on any atom is 0.0975 e. The van der Waals surface area contributed by atoms with Crippen molar-refractivity contribution in [1.29, 1.82) is 0 Å². The number of nitrogens with two attached hydrogens (primary N) is 1. The lowest BCUT2D eigenvalue weighted by Crippen LogP contribution is -2.31. The summed E-state index contributed by atoms with van der Waals surface area (Å²) in [5.74, 6) is 2.31. The van der Waals surface area contributed by atoms with E-state index >= 15 is 0 Å². The summed E-state index contributed by atoms with van der Waals surface area (Å²) in [5, 5.41) is 0. The summed E-state index contributed by atoms with van der Waals surface area (Å²) in [7, 11) is 0. The Morgan fingerprint density at radius 2 is 1.67 bits per heavy atom. The van der Waals surface area contributed by atoms with Gasteiger partial charge in [0.15, 0.2) is 0 Å². The zero-order chi connectivity index (χ0) is 10.9. The summed E-state index contributed by atoms with van der Waals surface area (Å²) in [6, 6.07) is 0. The first-order valence-electron chi connectivity index (χ1n) is 6.45. The van der Waals surface area contributed by atoms with E-state index in [1.54, 1.807) is 0 Å². The van der Waals surface area contributed by atoms with Crippen LogP contribution in [0.2, 0.25) is 0 Å². The monoisotopic (exact) mass is 208 g/mol. The van der Waals surface area contributed by atoms with Gasteiger partial charge >= 0.3 is 0 Å². The summed E-state index contributed by atoms with van der Waals surface area (Å²) in [6.07, 6.45) is 9.26. The van der Waals surface area contributed by atoms with Gasteiger partial charge in [-0.15, -0.1) is 0 Å². The molecular formula is C13H24N2. The third-order valence-electron chi connectivity index (χ3n) is 4.02. The quantitative estimate of drug-likeness (QED) is 0.561. The first-order chi connectivity index (χ1) is 7.09. The molecule has 0 atom stereocenters. The first-order valence-corrected chi connectivity index (χ1v) is 6.45. The van der Waals surface area contributed by atoms with Gasteiger partial charge in [0, 0.05) is 5.92 Å². The van der Waals surface area contributed by atoms with E-state index in [-0.39, 0.29) is 5.54 Å². The first kappa shape index (κ1) is 11.0. The molecule has 2 saturated carbocycles. The Labute approximate surface area is 93.3 Å². The predicted octanol–water partition coefficient (Wildman–Crippen LogP) is 3.11. The molecule has 0 bridgehead atoms. The average molecular weight is 208 g/mol. The molecule has 2 fully saturated rings. The van der Waals surface area contributed by atoms with Gasteiger partial charge < -0.3 is 5.73 Å². The van der Waals surface area contributed by atoms with Gasteiger partial charge in [0.1, 0.15) is 0 Å². The van der Waals surface area contributed by atoms with Crippen LogP contribution in [0.25, 0.3) is 0 Å². The largest absolute Gasteiger partial charge is 0.387 e. The predicted molar refractivity (Wildman–Crippen MR) is 65.0 cm³/mol. The van der Waals surface area contributed by atoms with E-state index in [0.29, 0.717) is 5.92 Å². The minimum atomic E-state index is 0.0987. The Bertz CT molecular complexity index is 245. The van der Waals surface area contributed by atoms with Crippen LogP contribution in [0.3, 0.4) is 0 Å². The summed E-state index contributed by atoms with van der Waals surface area (Å²) in [5.41, 5.74) is 6.25. The molecule has 0 amide bonds.